The summed E-state index contributed by atoms with van der Waals surface area (Å²) in [5.74, 6) is -0.391. The number of ether oxygens (including phenoxy) is 3. The van der Waals surface area contributed by atoms with E-state index in [-0.39, 0.29) is 25.2 Å². The van der Waals surface area contributed by atoms with Gasteiger partial charge in [-0.15, -0.1) is 0 Å². The summed E-state index contributed by atoms with van der Waals surface area (Å²) in [6.45, 7) is 7.80. The van der Waals surface area contributed by atoms with E-state index in [1.165, 1.54) is 180 Å². The number of unbranched alkanes of at least 4 members (excludes halogenated alkanes) is 30. The van der Waals surface area contributed by atoms with Crippen molar-refractivity contribution in [3.63, 3.8) is 0 Å². The van der Waals surface area contributed by atoms with Gasteiger partial charge in [-0.1, -0.05) is 231 Å². The third-order valence-corrected chi connectivity index (χ3v) is 11.2. The monoisotopic (exact) mass is 815 g/mol. The van der Waals surface area contributed by atoms with E-state index >= 15 is 0 Å². The largest absolute Gasteiger partial charge is 0.462 e. The van der Waals surface area contributed by atoms with Gasteiger partial charge in [-0.05, 0) is 57.8 Å². The molecule has 0 spiro atoms. The number of esters is 2. The number of rotatable bonds is 47. The lowest BCUT2D eigenvalue weighted by atomic mass is 10.1. The van der Waals surface area contributed by atoms with E-state index < -0.39 is 6.10 Å². The van der Waals surface area contributed by atoms with Crippen LogP contribution in [0.15, 0.2) is 36.5 Å². The van der Waals surface area contributed by atoms with Crippen LogP contribution < -0.4 is 0 Å². The molecule has 0 aromatic heterocycles. The van der Waals surface area contributed by atoms with Crippen molar-refractivity contribution in [2.24, 2.45) is 0 Å². The highest BCUT2D eigenvalue weighted by Gasteiger charge is 2.17. The smallest absolute Gasteiger partial charge is 0.306 e. The van der Waals surface area contributed by atoms with Crippen molar-refractivity contribution in [2.45, 2.75) is 271 Å². The molecule has 5 heteroatoms. The summed E-state index contributed by atoms with van der Waals surface area (Å²) >= 11 is 0. The van der Waals surface area contributed by atoms with Crippen molar-refractivity contribution in [1.82, 2.24) is 0 Å². The van der Waals surface area contributed by atoms with Gasteiger partial charge in [-0.25, -0.2) is 0 Å². The topological polar surface area (TPSA) is 61.8 Å². The van der Waals surface area contributed by atoms with Gasteiger partial charge >= 0.3 is 11.9 Å². The molecule has 0 fully saturated rings. The van der Waals surface area contributed by atoms with Gasteiger partial charge < -0.3 is 14.2 Å². The Bertz CT molecular complexity index is 924. The molecule has 0 saturated carbocycles. The molecule has 0 aromatic rings. The van der Waals surface area contributed by atoms with Crippen LogP contribution in [-0.2, 0) is 23.8 Å². The predicted molar refractivity (Wildman–Crippen MR) is 252 cm³/mol. The van der Waals surface area contributed by atoms with E-state index in [0.29, 0.717) is 19.4 Å². The molecule has 5 nitrogen and oxygen atoms in total. The quantitative estimate of drug-likeness (QED) is 0.0348. The molecule has 58 heavy (non-hydrogen) atoms. The molecule has 1 unspecified atom stereocenters. The molecule has 0 heterocycles. The van der Waals surface area contributed by atoms with E-state index in [4.69, 9.17) is 14.2 Å². The fraction of sp³-hybridized carbons (Fsp3) is 0.849. The van der Waals surface area contributed by atoms with Crippen LogP contribution in [0.5, 0.6) is 0 Å². The first-order chi connectivity index (χ1) is 28.6. The summed E-state index contributed by atoms with van der Waals surface area (Å²) in [5.41, 5.74) is 0. The van der Waals surface area contributed by atoms with Gasteiger partial charge in [0, 0.05) is 19.4 Å². The molecule has 1 atom stereocenters. The summed E-state index contributed by atoms with van der Waals surface area (Å²) in [7, 11) is 0. The van der Waals surface area contributed by atoms with Crippen LogP contribution in [0.3, 0.4) is 0 Å². The summed E-state index contributed by atoms with van der Waals surface area (Å²) in [4.78, 5) is 25.3. The van der Waals surface area contributed by atoms with E-state index in [9.17, 15) is 9.59 Å². The van der Waals surface area contributed by atoms with Crippen molar-refractivity contribution in [3.8, 4) is 0 Å². The van der Waals surface area contributed by atoms with Crippen LogP contribution in [-0.4, -0.2) is 37.9 Å². The molecule has 0 radical (unpaired) electrons. The van der Waals surface area contributed by atoms with Gasteiger partial charge in [-0.3, -0.25) is 9.59 Å². The lowest BCUT2D eigenvalue weighted by Crippen LogP contribution is -2.30. The van der Waals surface area contributed by atoms with Crippen molar-refractivity contribution in [1.29, 1.82) is 0 Å². The Labute approximate surface area is 361 Å². The predicted octanol–water partition coefficient (Wildman–Crippen LogP) is 17.0. The van der Waals surface area contributed by atoms with Gasteiger partial charge in [0.1, 0.15) is 6.61 Å². The molecule has 0 aromatic carbocycles. The van der Waals surface area contributed by atoms with Crippen LogP contribution >= 0.6 is 0 Å². The standard InChI is InChI=1S/C53H98O5/c1-4-7-10-13-16-19-22-23-24-25-26-27-28-29-30-33-36-39-42-45-48-56-49-51(58-53(55)47-44-41-38-35-32-21-18-15-12-9-6-3)50-57-52(54)46-43-40-37-34-31-20-17-14-11-8-5-2/h16,19,23-24,26-27,51H,4-15,17-18,20-22,25,28-50H2,1-3H3/b19-16-,24-23-,27-26-. The van der Waals surface area contributed by atoms with Crippen LogP contribution in [0.2, 0.25) is 0 Å². The van der Waals surface area contributed by atoms with Crippen LogP contribution in [0.4, 0.5) is 0 Å². The molecule has 0 aliphatic carbocycles. The molecule has 340 valence electrons. The Balaban J connectivity index is 4.19. The number of carbonyl (C=O) groups excluding carboxylic acids is 2. The molecule has 0 bridgehead atoms. The molecule has 0 aliphatic heterocycles. The van der Waals surface area contributed by atoms with Crippen LogP contribution in [0, 0.1) is 0 Å². The fourth-order valence-corrected chi connectivity index (χ4v) is 7.34. The van der Waals surface area contributed by atoms with Crippen LogP contribution in [0.1, 0.15) is 265 Å². The fourth-order valence-electron chi connectivity index (χ4n) is 7.34. The minimum Gasteiger partial charge on any atom is -0.462 e. The zero-order valence-corrected chi connectivity index (χ0v) is 39.1. The Morgan fingerprint density at radius 1 is 0.379 bits per heavy atom. The Morgan fingerprint density at radius 2 is 0.724 bits per heavy atom. The lowest BCUT2D eigenvalue weighted by Gasteiger charge is -2.18. The molecule has 0 saturated heterocycles. The van der Waals surface area contributed by atoms with Gasteiger partial charge in [-0.2, -0.15) is 0 Å². The van der Waals surface area contributed by atoms with Gasteiger partial charge in [0.05, 0.1) is 6.61 Å². The zero-order valence-electron chi connectivity index (χ0n) is 39.1. The van der Waals surface area contributed by atoms with Crippen LogP contribution in [0.25, 0.3) is 0 Å². The Hall–Kier alpha value is -1.88. The average molecular weight is 815 g/mol. The summed E-state index contributed by atoms with van der Waals surface area (Å²) < 4.78 is 17.4. The maximum Gasteiger partial charge on any atom is 0.306 e. The molecular formula is C53H98O5. The van der Waals surface area contributed by atoms with Crippen molar-refractivity contribution < 1.29 is 23.8 Å². The summed E-state index contributed by atoms with van der Waals surface area (Å²) in [6.07, 6.45) is 58.6. The first kappa shape index (κ1) is 56.1. The minimum atomic E-state index is -0.534. The zero-order chi connectivity index (χ0) is 42.1. The average Bonchev–Trinajstić information content (AvgIpc) is 3.22. The lowest BCUT2D eigenvalue weighted by molar-refractivity contribution is -0.163. The molecular weight excluding hydrogens is 717 g/mol. The highest BCUT2D eigenvalue weighted by atomic mass is 16.6. The Morgan fingerprint density at radius 3 is 1.19 bits per heavy atom. The number of hydrogen-bond donors (Lipinski definition) is 0. The minimum absolute atomic E-state index is 0.0869. The molecule has 0 amide bonds. The second-order valence-corrected chi connectivity index (χ2v) is 17.1. The highest BCUT2D eigenvalue weighted by Crippen LogP contribution is 2.15. The number of carbonyl (C=O) groups is 2. The third kappa shape index (κ3) is 46.8. The van der Waals surface area contributed by atoms with Crippen molar-refractivity contribution in [3.05, 3.63) is 36.5 Å². The maximum atomic E-state index is 12.7. The van der Waals surface area contributed by atoms with E-state index in [1.807, 2.05) is 0 Å². The normalized spacial score (nSPS) is 12.4. The highest BCUT2D eigenvalue weighted by molar-refractivity contribution is 5.70. The van der Waals surface area contributed by atoms with Gasteiger partial charge in [0.2, 0.25) is 0 Å². The molecule has 0 rings (SSSR count). The first-order valence-corrected chi connectivity index (χ1v) is 25.5. The van der Waals surface area contributed by atoms with E-state index in [0.717, 1.165) is 51.4 Å². The van der Waals surface area contributed by atoms with E-state index in [1.54, 1.807) is 0 Å². The Kier molecular flexibility index (Phi) is 47.9. The number of hydrogen-bond acceptors (Lipinski definition) is 5. The summed E-state index contributed by atoms with van der Waals surface area (Å²) in [6, 6.07) is 0. The SMILES string of the molecule is CCCCC/C=C\C/C=C\C/C=C\CCCCCCCCCOCC(COC(=O)CCCCCCCCCCCCC)OC(=O)CCCCCCCCCCCCC. The second kappa shape index (κ2) is 49.5. The maximum absolute atomic E-state index is 12.7. The third-order valence-electron chi connectivity index (χ3n) is 11.2. The van der Waals surface area contributed by atoms with Crippen molar-refractivity contribution >= 4 is 11.9 Å². The molecule has 0 N–H and O–H groups in total. The van der Waals surface area contributed by atoms with Crippen molar-refractivity contribution in [2.75, 3.05) is 19.8 Å². The second-order valence-electron chi connectivity index (χ2n) is 17.1. The van der Waals surface area contributed by atoms with E-state index in [2.05, 4.69) is 57.2 Å². The first-order valence-electron chi connectivity index (χ1n) is 25.5. The van der Waals surface area contributed by atoms with Gasteiger partial charge in [0.25, 0.3) is 0 Å². The number of allylic oxidation sites excluding steroid dienone is 6. The molecule has 0 aliphatic rings. The summed E-state index contributed by atoms with van der Waals surface area (Å²) in [5, 5.41) is 0. The van der Waals surface area contributed by atoms with Gasteiger partial charge in [0.15, 0.2) is 6.10 Å².